The second kappa shape index (κ2) is 4.84. The maximum absolute atomic E-state index is 12.3. The van der Waals surface area contributed by atoms with Crippen LogP contribution >= 0.6 is 11.6 Å². The molecule has 2 N–H and O–H groups in total. The van der Waals surface area contributed by atoms with E-state index in [2.05, 4.69) is 0 Å². The van der Waals surface area contributed by atoms with Crippen molar-refractivity contribution in [3.63, 3.8) is 0 Å². The first-order valence-electron chi connectivity index (χ1n) is 5.21. The van der Waals surface area contributed by atoms with E-state index in [1.54, 1.807) is 26.8 Å². The molecule has 0 saturated heterocycles. The SMILES string of the molecule is Cc1c(N)cc(Cl)cc1S(=O)(=O)N(C)C(C)C. The quantitative estimate of drug-likeness (QED) is 0.862. The van der Waals surface area contributed by atoms with Crippen LogP contribution in [0.4, 0.5) is 5.69 Å². The molecule has 0 aromatic heterocycles. The molecule has 1 aromatic carbocycles. The minimum atomic E-state index is -3.55. The van der Waals surface area contributed by atoms with Gasteiger partial charge in [-0.05, 0) is 38.5 Å². The van der Waals surface area contributed by atoms with Crippen LogP contribution in [0.5, 0.6) is 0 Å². The number of anilines is 1. The zero-order valence-electron chi connectivity index (χ0n) is 10.4. The second-order valence-electron chi connectivity index (χ2n) is 4.23. The number of nitrogen functional groups attached to an aromatic ring is 1. The number of nitrogens with two attached hydrogens (primary N) is 1. The van der Waals surface area contributed by atoms with Crippen molar-refractivity contribution in [2.45, 2.75) is 31.7 Å². The predicted molar refractivity (Wildman–Crippen MR) is 70.7 cm³/mol. The lowest BCUT2D eigenvalue weighted by Gasteiger charge is -2.22. The largest absolute Gasteiger partial charge is 0.398 e. The minimum Gasteiger partial charge on any atom is -0.398 e. The lowest BCUT2D eigenvalue weighted by molar-refractivity contribution is 0.410. The van der Waals surface area contributed by atoms with Crippen LogP contribution in [0.2, 0.25) is 5.02 Å². The molecule has 0 atom stereocenters. The topological polar surface area (TPSA) is 63.4 Å². The van der Waals surface area contributed by atoms with E-state index in [-0.39, 0.29) is 10.9 Å². The molecule has 0 unspecified atom stereocenters. The summed E-state index contributed by atoms with van der Waals surface area (Å²) in [4.78, 5) is 0.165. The van der Waals surface area contributed by atoms with Crippen molar-refractivity contribution < 1.29 is 8.42 Å². The van der Waals surface area contributed by atoms with Gasteiger partial charge in [-0.25, -0.2) is 8.42 Å². The normalized spacial score (nSPS) is 12.4. The van der Waals surface area contributed by atoms with Gasteiger partial charge in [-0.1, -0.05) is 11.6 Å². The highest BCUT2D eigenvalue weighted by Gasteiger charge is 2.25. The fourth-order valence-electron chi connectivity index (χ4n) is 1.37. The van der Waals surface area contributed by atoms with Crippen molar-refractivity contribution >= 4 is 27.3 Å². The van der Waals surface area contributed by atoms with Crippen LogP contribution in [0.3, 0.4) is 0 Å². The highest BCUT2D eigenvalue weighted by Crippen LogP contribution is 2.28. The van der Waals surface area contributed by atoms with Gasteiger partial charge in [-0.2, -0.15) is 4.31 Å². The molecule has 1 rings (SSSR count). The highest BCUT2D eigenvalue weighted by atomic mass is 35.5. The predicted octanol–water partition coefficient (Wildman–Crippen LogP) is 2.26. The maximum atomic E-state index is 12.3. The Morgan fingerprint density at radius 3 is 2.35 bits per heavy atom. The van der Waals surface area contributed by atoms with Gasteiger partial charge in [0.2, 0.25) is 10.0 Å². The summed E-state index contributed by atoms with van der Waals surface area (Å²) in [5.41, 5.74) is 6.64. The lowest BCUT2D eigenvalue weighted by atomic mass is 10.2. The molecule has 0 radical (unpaired) electrons. The summed E-state index contributed by atoms with van der Waals surface area (Å²) in [7, 11) is -2.01. The monoisotopic (exact) mass is 276 g/mol. The number of rotatable bonds is 3. The molecule has 1 aromatic rings. The van der Waals surface area contributed by atoms with Crippen LogP contribution in [-0.4, -0.2) is 25.8 Å². The summed E-state index contributed by atoms with van der Waals surface area (Å²) >= 11 is 5.85. The molecule has 0 aliphatic rings. The third kappa shape index (κ3) is 2.73. The zero-order chi connectivity index (χ0) is 13.4. The third-order valence-electron chi connectivity index (χ3n) is 2.75. The summed E-state index contributed by atoms with van der Waals surface area (Å²) in [6.07, 6.45) is 0. The van der Waals surface area contributed by atoms with E-state index < -0.39 is 10.0 Å². The average Bonchev–Trinajstić information content (AvgIpc) is 2.21. The Labute approximate surface area is 107 Å². The van der Waals surface area contributed by atoms with E-state index in [4.69, 9.17) is 17.3 Å². The Hall–Kier alpha value is -0.780. The number of benzene rings is 1. The van der Waals surface area contributed by atoms with Crippen molar-refractivity contribution in [3.05, 3.63) is 22.7 Å². The van der Waals surface area contributed by atoms with Crippen molar-refractivity contribution in [3.8, 4) is 0 Å². The second-order valence-corrected chi connectivity index (χ2v) is 6.64. The van der Waals surface area contributed by atoms with E-state index >= 15 is 0 Å². The molecule has 0 aliphatic heterocycles. The van der Waals surface area contributed by atoms with Gasteiger partial charge in [0.1, 0.15) is 0 Å². The van der Waals surface area contributed by atoms with E-state index in [0.29, 0.717) is 16.3 Å². The molecule has 0 saturated carbocycles. The Morgan fingerprint density at radius 2 is 1.88 bits per heavy atom. The van der Waals surface area contributed by atoms with Gasteiger partial charge in [0.25, 0.3) is 0 Å². The molecular formula is C11H17ClN2O2S. The zero-order valence-corrected chi connectivity index (χ0v) is 11.9. The Morgan fingerprint density at radius 1 is 1.35 bits per heavy atom. The first-order valence-corrected chi connectivity index (χ1v) is 7.03. The summed E-state index contributed by atoms with van der Waals surface area (Å²) in [6.45, 7) is 5.29. The summed E-state index contributed by atoms with van der Waals surface area (Å²) in [6, 6.07) is 2.85. The van der Waals surface area contributed by atoms with Gasteiger partial charge in [0.15, 0.2) is 0 Å². The lowest BCUT2D eigenvalue weighted by Crippen LogP contribution is -2.33. The van der Waals surface area contributed by atoms with Crippen molar-refractivity contribution in [2.75, 3.05) is 12.8 Å². The maximum Gasteiger partial charge on any atom is 0.243 e. The fraction of sp³-hybridized carbons (Fsp3) is 0.455. The Bertz CT molecular complexity index is 527. The van der Waals surface area contributed by atoms with Crippen molar-refractivity contribution in [1.82, 2.24) is 4.31 Å². The van der Waals surface area contributed by atoms with Gasteiger partial charge in [-0.15, -0.1) is 0 Å². The molecule has 0 aliphatic carbocycles. The van der Waals surface area contributed by atoms with Crippen LogP contribution in [0.15, 0.2) is 17.0 Å². The minimum absolute atomic E-state index is 0.125. The summed E-state index contributed by atoms with van der Waals surface area (Å²) in [5.74, 6) is 0. The summed E-state index contributed by atoms with van der Waals surface area (Å²) < 4.78 is 25.9. The molecule has 96 valence electrons. The molecule has 17 heavy (non-hydrogen) atoms. The van der Waals surface area contributed by atoms with Gasteiger partial charge >= 0.3 is 0 Å². The molecular weight excluding hydrogens is 260 g/mol. The van der Waals surface area contributed by atoms with Crippen LogP contribution in [0, 0.1) is 6.92 Å². The van der Waals surface area contributed by atoms with E-state index in [0.717, 1.165) is 0 Å². The average molecular weight is 277 g/mol. The fourth-order valence-corrected chi connectivity index (χ4v) is 3.31. The van der Waals surface area contributed by atoms with Gasteiger partial charge in [0, 0.05) is 23.8 Å². The van der Waals surface area contributed by atoms with Gasteiger partial charge in [-0.3, -0.25) is 0 Å². The number of hydrogen-bond acceptors (Lipinski definition) is 3. The molecule has 0 spiro atoms. The number of sulfonamides is 1. The Kier molecular flexibility index (Phi) is 4.06. The molecule has 0 bridgehead atoms. The molecule has 0 amide bonds. The first kappa shape index (κ1) is 14.3. The van der Waals surface area contributed by atoms with Crippen LogP contribution < -0.4 is 5.73 Å². The van der Waals surface area contributed by atoms with Gasteiger partial charge < -0.3 is 5.73 Å². The molecule has 4 nitrogen and oxygen atoms in total. The van der Waals surface area contributed by atoms with Crippen LogP contribution in [0.25, 0.3) is 0 Å². The van der Waals surface area contributed by atoms with Crippen molar-refractivity contribution in [1.29, 1.82) is 0 Å². The third-order valence-corrected chi connectivity index (χ3v) is 5.13. The first-order chi connectivity index (χ1) is 7.67. The van der Waals surface area contributed by atoms with Crippen molar-refractivity contribution in [2.24, 2.45) is 0 Å². The number of hydrogen-bond donors (Lipinski definition) is 1. The number of nitrogens with zero attached hydrogens (tertiary/aromatic N) is 1. The Balaban J connectivity index is 3.44. The standard InChI is InChI=1S/C11H17ClN2O2S/c1-7(2)14(4)17(15,16)11-6-9(12)5-10(13)8(11)3/h5-7H,13H2,1-4H3. The van der Waals surface area contributed by atoms with Gasteiger partial charge in [0.05, 0.1) is 4.90 Å². The van der Waals surface area contributed by atoms with E-state index in [1.807, 2.05) is 0 Å². The molecule has 6 heteroatoms. The van der Waals surface area contributed by atoms with Crippen LogP contribution in [-0.2, 0) is 10.0 Å². The number of halogens is 1. The smallest absolute Gasteiger partial charge is 0.243 e. The van der Waals surface area contributed by atoms with Crippen LogP contribution in [0.1, 0.15) is 19.4 Å². The summed E-state index contributed by atoms with van der Waals surface area (Å²) in [5, 5.41) is 0.323. The highest BCUT2D eigenvalue weighted by molar-refractivity contribution is 7.89. The van der Waals surface area contributed by atoms with E-state index in [1.165, 1.54) is 17.4 Å². The van der Waals surface area contributed by atoms with E-state index in [9.17, 15) is 8.42 Å². The molecule has 0 fully saturated rings. The molecule has 0 heterocycles.